The quantitative estimate of drug-likeness (QED) is 0.558. The van der Waals surface area contributed by atoms with E-state index in [0.29, 0.717) is 19.8 Å². The molecule has 1 N–H and O–H groups in total. The fourth-order valence-electron chi connectivity index (χ4n) is 1.61. The molecule has 2 saturated heterocycles. The lowest BCUT2D eigenvalue weighted by atomic mass is 10.3. The molecule has 2 rings (SSSR count). The summed E-state index contributed by atoms with van der Waals surface area (Å²) in [5.74, 6) is 0.0502. The van der Waals surface area contributed by atoms with E-state index in [0.717, 1.165) is 13.2 Å². The summed E-state index contributed by atoms with van der Waals surface area (Å²) < 4.78 is 10.3. The summed E-state index contributed by atoms with van der Waals surface area (Å²) in [6, 6.07) is 0. The molecular weight excluding hydrogens is 172 g/mol. The molecule has 0 bridgehead atoms. The van der Waals surface area contributed by atoms with Gasteiger partial charge in [-0.1, -0.05) is 0 Å². The highest BCUT2D eigenvalue weighted by Crippen LogP contribution is 2.05. The molecule has 2 fully saturated rings. The number of nitrogens with one attached hydrogen (secondary N) is 1. The Hall–Kier alpha value is -0.650. The van der Waals surface area contributed by atoms with Crippen molar-refractivity contribution in [1.29, 1.82) is 0 Å². The van der Waals surface area contributed by atoms with E-state index in [1.54, 1.807) is 4.90 Å². The van der Waals surface area contributed by atoms with Crippen LogP contribution in [0.5, 0.6) is 0 Å². The highest BCUT2D eigenvalue weighted by molar-refractivity contribution is 5.78. The topological polar surface area (TPSA) is 50.8 Å². The van der Waals surface area contributed by atoms with Crippen molar-refractivity contribution >= 4 is 5.91 Å². The predicted molar refractivity (Wildman–Crippen MR) is 45.1 cm³/mol. The van der Waals surface area contributed by atoms with Crippen LogP contribution in [0, 0.1) is 0 Å². The monoisotopic (exact) mass is 186 g/mol. The van der Waals surface area contributed by atoms with Gasteiger partial charge in [0.15, 0.2) is 0 Å². The second-order valence-corrected chi connectivity index (χ2v) is 3.18. The van der Waals surface area contributed by atoms with Crippen molar-refractivity contribution < 1.29 is 14.3 Å². The molecule has 5 nitrogen and oxygen atoms in total. The van der Waals surface area contributed by atoms with Crippen molar-refractivity contribution in [3.63, 3.8) is 0 Å². The van der Waals surface area contributed by atoms with E-state index in [1.807, 2.05) is 0 Å². The molecule has 0 saturated carbocycles. The summed E-state index contributed by atoms with van der Waals surface area (Å²) >= 11 is 0. The van der Waals surface area contributed by atoms with E-state index in [-0.39, 0.29) is 18.7 Å². The summed E-state index contributed by atoms with van der Waals surface area (Å²) in [6.07, 6.45) is 0.0464. The van der Waals surface area contributed by atoms with Crippen LogP contribution >= 0.6 is 0 Å². The van der Waals surface area contributed by atoms with Gasteiger partial charge in [0.25, 0.3) is 0 Å². The summed E-state index contributed by atoms with van der Waals surface area (Å²) in [4.78, 5) is 13.2. The average Bonchev–Trinajstić information content (AvgIpc) is 2.20. The second kappa shape index (κ2) is 4.04. The van der Waals surface area contributed by atoms with E-state index < -0.39 is 0 Å². The van der Waals surface area contributed by atoms with Crippen molar-refractivity contribution in [3.8, 4) is 0 Å². The van der Waals surface area contributed by atoms with E-state index in [2.05, 4.69) is 5.32 Å². The molecule has 74 valence electrons. The Kier molecular flexibility index (Phi) is 2.77. The van der Waals surface area contributed by atoms with Crippen LogP contribution < -0.4 is 5.32 Å². The maximum Gasteiger partial charge on any atom is 0.249 e. The molecule has 1 amide bonds. The molecule has 1 atom stereocenters. The third kappa shape index (κ3) is 1.99. The standard InChI is InChI=1S/C8H14N2O3/c11-8-6-13-4-2-10(8)7-5-12-3-1-9-7/h7,9H,1-6H2. The maximum atomic E-state index is 11.4. The van der Waals surface area contributed by atoms with Gasteiger partial charge in [0, 0.05) is 13.1 Å². The Balaban J connectivity index is 1.92. The van der Waals surface area contributed by atoms with Gasteiger partial charge in [0.2, 0.25) is 5.91 Å². The Bertz CT molecular complexity index is 192. The van der Waals surface area contributed by atoms with Crippen molar-refractivity contribution in [1.82, 2.24) is 10.2 Å². The Morgan fingerprint density at radius 2 is 2.31 bits per heavy atom. The number of carbonyl (C=O) groups excluding carboxylic acids is 1. The van der Waals surface area contributed by atoms with Crippen LogP contribution in [0.25, 0.3) is 0 Å². The van der Waals surface area contributed by atoms with Crippen molar-refractivity contribution in [3.05, 3.63) is 0 Å². The molecule has 0 aromatic carbocycles. The number of carbonyl (C=O) groups is 1. The minimum absolute atomic E-state index is 0.0464. The zero-order valence-electron chi connectivity index (χ0n) is 7.49. The van der Waals surface area contributed by atoms with Gasteiger partial charge in [0.05, 0.1) is 19.8 Å². The predicted octanol–water partition coefficient (Wildman–Crippen LogP) is -1.21. The van der Waals surface area contributed by atoms with Crippen molar-refractivity contribution in [2.24, 2.45) is 0 Å². The van der Waals surface area contributed by atoms with Crippen LogP contribution in [0.3, 0.4) is 0 Å². The van der Waals surface area contributed by atoms with Crippen LogP contribution in [0.15, 0.2) is 0 Å². The number of ether oxygens (including phenoxy) is 2. The van der Waals surface area contributed by atoms with Crippen molar-refractivity contribution in [2.75, 3.05) is 39.5 Å². The first-order valence-corrected chi connectivity index (χ1v) is 4.56. The Labute approximate surface area is 77.0 Å². The minimum Gasteiger partial charge on any atom is -0.377 e. The summed E-state index contributed by atoms with van der Waals surface area (Å²) in [5, 5.41) is 3.24. The summed E-state index contributed by atoms with van der Waals surface area (Å²) in [6.45, 7) is 3.64. The van der Waals surface area contributed by atoms with Crippen LogP contribution in [0.2, 0.25) is 0 Å². The highest BCUT2D eigenvalue weighted by Gasteiger charge is 2.27. The second-order valence-electron chi connectivity index (χ2n) is 3.18. The SMILES string of the molecule is O=C1COCCN1C1COCCN1. The van der Waals surface area contributed by atoms with Crippen LogP contribution in [0.4, 0.5) is 0 Å². The highest BCUT2D eigenvalue weighted by atomic mass is 16.5. The van der Waals surface area contributed by atoms with E-state index in [1.165, 1.54) is 0 Å². The lowest BCUT2D eigenvalue weighted by molar-refractivity contribution is -0.150. The smallest absolute Gasteiger partial charge is 0.249 e. The fourth-order valence-corrected chi connectivity index (χ4v) is 1.61. The minimum atomic E-state index is 0.0464. The third-order valence-corrected chi connectivity index (χ3v) is 2.30. The molecular formula is C8H14N2O3. The average molecular weight is 186 g/mol. The molecule has 0 aliphatic carbocycles. The van der Waals surface area contributed by atoms with Crippen LogP contribution in [-0.2, 0) is 14.3 Å². The van der Waals surface area contributed by atoms with Gasteiger partial charge in [-0.25, -0.2) is 0 Å². The molecule has 5 heteroatoms. The molecule has 0 spiro atoms. The Morgan fingerprint density at radius 3 is 3.00 bits per heavy atom. The zero-order valence-corrected chi connectivity index (χ0v) is 7.49. The number of nitrogens with zero attached hydrogens (tertiary/aromatic N) is 1. The number of amides is 1. The van der Waals surface area contributed by atoms with Crippen LogP contribution in [0.1, 0.15) is 0 Å². The zero-order chi connectivity index (χ0) is 9.10. The first-order chi connectivity index (χ1) is 6.38. The number of hydrogen-bond donors (Lipinski definition) is 1. The van der Waals surface area contributed by atoms with E-state index in [9.17, 15) is 4.79 Å². The van der Waals surface area contributed by atoms with Gasteiger partial charge < -0.3 is 14.4 Å². The molecule has 0 aromatic heterocycles. The summed E-state index contributed by atoms with van der Waals surface area (Å²) in [5.41, 5.74) is 0. The fraction of sp³-hybridized carbons (Fsp3) is 0.875. The lowest BCUT2D eigenvalue weighted by Gasteiger charge is -2.36. The van der Waals surface area contributed by atoms with E-state index >= 15 is 0 Å². The van der Waals surface area contributed by atoms with Crippen LogP contribution in [-0.4, -0.2) is 56.5 Å². The maximum absolute atomic E-state index is 11.4. The molecule has 0 aromatic rings. The molecule has 2 heterocycles. The molecule has 1 unspecified atom stereocenters. The van der Waals surface area contributed by atoms with Gasteiger partial charge >= 0.3 is 0 Å². The number of morpholine rings is 2. The third-order valence-electron chi connectivity index (χ3n) is 2.30. The number of hydrogen-bond acceptors (Lipinski definition) is 4. The molecule has 2 aliphatic heterocycles. The van der Waals surface area contributed by atoms with Gasteiger partial charge in [-0.2, -0.15) is 0 Å². The van der Waals surface area contributed by atoms with Gasteiger partial charge in [-0.15, -0.1) is 0 Å². The lowest BCUT2D eigenvalue weighted by Crippen LogP contribution is -2.58. The Morgan fingerprint density at radius 1 is 1.38 bits per heavy atom. The van der Waals surface area contributed by atoms with Gasteiger partial charge in [0.1, 0.15) is 12.8 Å². The molecule has 13 heavy (non-hydrogen) atoms. The first-order valence-electron chi connectivity index (χ1n) is 4.56. The van der Waals surface area contributed by atoms with Crippen molar-refractivity contribution in [2.45, 2.75) is 6.17 Å². The first kappa shape index (κ1) is 8.93. The van der Waals surface area contributed by atoms with Gasteiger partial charge in [-0.05, 0) is 0 Å². The van der Waals surface area contributed by atoms with Gasteiger partial charge in [-0.3, -0.25) is 10.1 Å². The summed E-state index contributed by atoms with van der Waals surface area (Å²) in [7, 11) is 0. The van der Waals surface area contributed by atoms with E-state index in [4.69, 9.17) is 9.47 Å². The number of rotatable bonds is 1. The largest absolute Gasteiger partial charge is 0.377 e. The molecule has 0 radical (unpaired) electrons. The normalized spacial score (nSPS) is 30.6. The molecule has 2 aliphatic rings.